The van der Waals surface area contributed by atoms with E-state index in [0.717, 1.165) is 21.1 Å². The summed E-state index contributed by atoms with van der Waals surface area (Å²) in [5.41, 5.74) is 0.966. The van der Waals surface area contributed by atoms with Gasteiger partial charge in [0, 0.05) is 9.86 Å². The summed E-state index contributed by atoms with van der Waals surface area (Å²) < 4.78 is 12.9. The third-order valence-electron chi connectivity index (χ3n) is 4.24. The van der Waals surface area contributed by atoms with Gasteiger partial charge in [0.2, 0.25) is 0 Å². The van der Waals surface area contributed by atoms with Gasteiger partial charge in [-0.1, -0.05) is 36.7 Å². The fraction of sp³-hybridized carbons (Fsp3) is 0.471. The van der Waals surface area contributed by atoms with E-state index in [1.165, 1.54) is 0 Å². The van der Waals surface area contributed by atoms with Crippen LogP contribution in [-0.4, -0.2) is 26.5 Å². The molecule has 0 atom stereocenters. The summed E-state index contributed by atoms with van der Waals surface area (Å²) in [6.45, 7) is 12.4. The van der Waals surface area contributed by atoms with Gasteiger partial charge in [-0.25, -0.2) is 0 Å². The van der Waals surface area contributed by atoms with Crippen molar-refractivity contribution in [1.82, 2.24) is 4.98 Å². The first kappa shape index (κ1) is 17.4. The summed E-state index contributed by atoms with van der Waals surface area (Å²) in [5.74, 6) is 0.782. The van der Waals surface area contributed by atoms with Crippen LogP contribution >= 0.6 is 15.9 Å². The minimum absolute atomic E-state index is 0.226. The van der Waals surface area contributed by atoms with Gasteiger partial charge in [0.15, 0.2) is 8.32 Å². The number of benzene rings is 1. The molecule has 0 amide bonds. The fourth-order valence-electron chi connectivity index (χ4n) is 1.83. The average Bonchev–Trinajstić information content (AvgIpc) is 2.42. The highest BCUT2D eigenvalue weighted by Crippen LogP contribution is 2.36. The first-order valence-electron chi connectivity index (χ1n) is 7.51. The number of halogens is 1. The number of hydrogen-bond acceptors (Lipinski definition) is 3. The Labute approximate surface area is 142 Å². The summed E-state index contributed by atoms with van der Waals surface area (Å²) in [5, 5.41) is 1.29. The van der Waals surface area contributed by atoms with Gasteiger partial charge < -0.3 is 9.16 Å². The molecule has 0 aliphatic rings. The minimum atomic E-state index is -1.70. The molecule has 0 fully saturated rings. The highest BCUT2D eigenvalue weighted by molar-refractivity contribution is 9.10. The van der Waals surface area contributed by atoms with Gasteiger partial charge >= 0.3 is 0 Å². The predicted molar refractivity (Wildman–Crippen MR) is 98.1 cm³/mol. The lowest BCUT2D eigenvalue weighted by Gasteiger charge is -2.36. The Kier molecular flexibility index (Phi) is 5.30. The molecule has 0 saturated carbocycles. The van der Waals surface area contributed by atoms with Crippen molar-refractivity contribution in [2.45, 2.75) is 38.9 Å². The molecule has 0 unspecified atom stereocenters. The van der Waals surface area contributed by atoms with Gasteiger partial charge in [0.25, 0.3) is 0 Å². The van der Waals surface area contributed by atoms with Crippen molar-refractivity contribution in [3.8, 4) is 5.75 Å². The standard InChI is InChI=1S/C17H24BrNO2Si/c1-17(2,3)22(4,5)21-9-8-20-15-11-13-10-14(18)6-7-16(13)19-12-15/h6-7,10-12H,8-9H2,1-5H3. The third kappa shape index (κ3) is 4.30. The lowest BCUT2D eigenvalue weighted by atomic mass is 10.2. The Balaban J connectivity index is 1.92. The van der Waals surface area contributed by atoms with Crippen molar-refractivity contribution >= 4 is 35.2 Å². The van der Waals surface area contributed by atoms with Crippen molar-refractivity contribution < 1.29 is 9.16 Å². The largest absolute Gasteiger partial charge is 0.490 e. The zero-order chi connectivity index (χ0) is 16.4. The number of aromatic nitrogens is 1. The van der Waals surface area contributed by atoms with Crippen molar-refractivity contribution in [3.05, 3.63) is 34.9 Å². The molecule has 1 heterocycles. The third-order valence-corrected chi connectivity index (χ3v) is 9.27. The molecule has 0 N–H and O–H groups in total. The number of pyridine rings is 1. The second-order valence-electron chi connectivity index (χ2n) is 6.97. The topological polar surface area (TPSA) is 31.4 Å². The molecular weight excluding hydrogens is 358 g/mol. The Hall–Kier alpha value is -0.913. The molecule has 2 aromatic rings. The van der Waals surface area contributed by atoms with Gasteiger partial charge in [-0.05, 0) is 42.4 Å². The highest BCUT2D eigenvalue weighted by atomic mass is 79.9. The van der Waals surface area contributed by atoms with Crippen LogP contribution in [0.2, 0.25) is 18.1 Å². The molecular formula is C17H24BrNO2Si. The molecule has 2 rings (SSSR count). The van der Waals surface area contributed by atoms with Crippen LogP contribution < -0.4 is 4.74 Å². The second-order valence-corrected chi connectivity index (χ2v) is 12.7. The van der Waals surface area contributed by atoms with Crippen LogP contribution in [0.25, 0.3) is 10.9 Å². The van der Waals surface area contributed by atoms with Crippen LogP contribution in [0.5, 0.6) is 5.75 Å². The van der Waals surface area contributed by atoms with Crippen molar-refractivity contribution in [2.75, 3.05) is 13.2 Å². The average molecular weight is 382 g/mol. The van der Waals surface area contributed by atoms with E-state index >= 15 is 0 Å². The Bertz CT molecular complexity index is 653. The second kappa shape index (κ2) is 6.68. The van der Waals surface area contributed by atoms with Gasteiger partial charge in [-0.15, -0.1) is 0 Å². The van der Waals surface area contributed by atoms with E-state index in [2.05, 4.69) is 54.8 Å². The van der Waals surface area contributed by atoms with Gasteiger partial charge in [-0.3, -0.25) is 4.98 Å². The van der Waals surface area contributed by atoms with E-state index in [0.29, 0.717) is 13.2 Å². The van der Waals surface area contributed by atoms with E-state index in [1.807, 2.05) is 24.3 Å². The van der Waals surface area contributed by atoms with Crippen LogP contribution in [0.4, 0.5) is 0 Å². The normalized spacial score (nSPS) is 12.6. The molecule has 3 nitrogen and oxygen atoms in total. The van der Waals surface area contributed by atoms with Crippen LogP contribution in [0.3, 0.4) is 0 Å². The molecule has 1 aromatic heterocycles. The van der Waals surface area contributed by atoms with Crippen molar-refractivity contribution in [3.63, 3.8) is 0 Å². The number of rotatable bonds is 5. The summed E-state index contributed by atoms with van der Waals surface area (Å²) in [6.07, 6.45) is 1.77. The SMILES string of the molecule is CC(C)(C)[Si](C)(C)OCCOc1cnc2ccc(Br)cc2c1. The molecule has 5 heteroatoms. The van der Waals surface area contributed by atoms with Gasteiger partial charge in [0.1, 0.15) is 12.4 Å². The van der Waals surface area contributed by atoms with Crippen LogP contribution in [0.15, 0.2) is 34.9 Å². The van der Waals surface area contributed by atoms with Crippen LogP contribution in [0.1, 0.15) is 20.8 Å². The fourth-order valence-corrected chi connectivity index (χ4v) is 3.24. The van der Waals surface area contributed by atoms with E-state index in [4.69, 9.17) is 9.16 Å². The first-order valence-corrected chi connectivity index (χ1v) is 11.2. The molecule has 0 aliphatic carbocycles. The number of ether oxygens (including phenoxy) is 1. The predicted octanol–water partition coefficient (Wildman–Crippen LogP) is 5.40. The van der Waals surface area contributed by atoms with Crippen molar-refractivity contribution in [1.29, 1.82) is 0 Å². The maximum absolute atomic E-state index is 6.11. The molecule has 0 radical (unpaired) electrons. The number of nitrogens with zero attached hydrogens (tertiary/aromatic N) is 1. The lowest BCUT2D eigenvalue weighted by Crippen LogP contribution is -2.41. The molecule has 120 valence electrons. The molecule has 0 bridgehead atoms. The molecule has 1 aromatic carbocycles. The molecule has 0 spiro atoms. The molecule has 0 aliphatic heterocycles. The highest BCUT2D eigenvalue weighted by Gasteiger charge is 2.36. The Morgan fingerprint density at radius 2 is 1.86 bits per heavy atom. The van der Waals surface area contributed by atoms with Crippen molar-refractivity contribution in [2.24, 2.45) is 0 Å². The summed E-state index contributed by atoms with van der Waals surface area (Å²) in [4.78, 5) is 4.41. The van der Waals surface area contributed by atoms with Crippen LogP contribution in [-0.2, 0) is 4.43 Å². The zero-order valence-corrected chi connectivity index (χ0v) is 16.5. The Morgan fingerprint density at radius 1 is 1.14 bits per heavy atom. The number of fused-ring (bicyclic) bond motifs is 1. The van der Waals surface area contributed by atoms with E-state index in [-0.39, 0.29) is 5.04 Å². The van der Waals surface area contributed by atoms with E-state index in [1.54, 1.807) is 6.20 Å². The van der Waals surface area contributed by atoms with E-state index < -0.39 is 8.32 Å². The Morgan fingerprint density at radius 3 is 2.55 bits per heavy atom. The summed E-state index contributed by atoms with van der Waals surface area (Å²) in [7, 11) is -1.70. The maximum atomic E-state index is 6.11. The lowest BCUT2D eigenvalue weighted by molar-refractivity contribution is 0.203. The van der Waals surface area contributed by atoms with Gasteiger partial charge in [0.05, 0.1) is 18.3 Å². The van der Waals surface area contributed by atoms with Gasteiger partial charge in [-0.2, -0.15) is 0 Å². The zero-order valence-electron chi connectivity index (χ0n) is 13.9. The minimum Gasteiger partial charge on any atom is -0.490 e. The maximum Gasteiger partial charge on any atom is 0.192 e. The number of hydrogen-bond donors (Lipinski definition) is 0. The smallest absolute Gasteiger partial charge is 0.192 e. The summed E-state index contributed by atoms with van der Waals surface area (Å²) in [6, 6.07) is 8.04. The molecule has 22 heavy (non-hydrogen) atoms. The quantitative estimate of drug-likeness (QED) is 0.513. The molecule has 0 saturated heterocycles. The van der Waals surface area contributed by atoms with E-state index in [9.17, 15) is 0 Å². The first-order chi connectivity index (χ1) is 10.2. The monoisotopic (exact) mass is 381 g/mol. The summed E-state index contributed by atoms with van der Waals surface area (Å²) >= 11 is 3.48. The van der Waals surface area contributed by atoms with Crippen LogP contribution in [0, 0.1) is 0 Å².